The summed E-state index contributed by atoms with van der Waals surface area (Å²) in [7, 11) is 0. The van der Waals surface area contributed by atoms with Crippen LogP contribution >= 0.6 is 23.1 Å². The van der Waals surface area contributed by atoms with Gasteiger partial charge >= 0.3 is 0 Å². The van der Waals surface area contributed by atoms with Crippen LogP contribution in [0.1, 0.15) is 39.4 Å². The number of aryl methyl sites for hydroxylation is 3. The molecule has 0 bridgehead atoms. The van der Waals surface area contributed by atoms with E-state index in [0.29, 0.717) is 27.5 Å². The Morgan fingerprint density at radius 3 is 2.71 bits per heavy atom. The summed E-state index contributed by atoms with van der Waals surface area (Å²) < 4.78 is 0. The van der Waals surface area contributed by atoms with Crippen LogP contribution in [0, 0.1) is 20.8 Å². The zero-order chi connectivity index (χ0) is 20.6. The summed E-state index contributed by atoms with van der Waals surface area (Å²) in [5.41, 5.74) is 6.86. The Hall–Kier alpha value is -2.66. The van der Waals surface area contributed by atoms with Crippen LogP contribution in [0.25, 0.3) is 10.2 Å². The Balaban J connectivity index is 1.70. The largest absolute Gasteiger partial charge is 0.364 e. The quantitative estimate of drug-likeness (QED) is 0.479. The van der Waals surface area contributed by atoms with Crippen LogP contribution in [0.15, 0.2) is 4.79 Å². The number of aromatic amines is 2. The molecule has 0 aliphatic rings. The molecular formula is C17H20N6O3S2. The zero-order valence-corrected chi connectivity index (χ0v) is 17.4. The minimum absolute atomic E-state index is 0.0112. The van der Waals surface area contributed by atoms with Crippen LogP contribution in [0.5, 0.6) is 0 Å². The Bertz CT molecular complexity index is 1130. The lowest BCUT2D eigenvalue weighted by molar-refractivity contribution is -0.115. The highest BCUT2D eigenvalue weighted by Gasteiger charge is 2.21. The van der Waals surface area contributed by atoms with Crippen LogP contribution in [0.2, 0.25) is 0 Å². The summed E-state index contributed by atoms with van der Waals surface area (Å²) in [4.78, 5) is 45.3. The Kier molecular flexibility index (Phi) is 5.57. The number of amides is 2. The third kappa shape index (κ3) is 3.80. The number of aromatic nitrogens is 4. The number of thioether (sulfide) groups is 1. The fraction of sp³-hybridized carbons (Fsp3) is 0.353. The molecule has 0 aliphatic carbocycles. The van der Waals surface area contributed by atoms with Crippen molar-refractivity contribution in [3.63, 3.8) is 0 Å². The SMILES string of the molecule is Cc1[nH]nc(C(N)=O)c1NC(=O)C(C)SCc1nc2sc(C)c(C)c2c(=O)[nH]1. The second-order valence-electron chi connectivity index (χ2n) is 6.35. The average Bonchev–Trinajstić information content (AvgIpc) is 3.13. The number of carbonyl (C=O) groups excluding carboxylic acids is 2. The first-order chi connectivity index (χ1) is 13.2. The third-order valence-electron chi connectivity index (χ3n) is 4.36. The molecule has 0 saturated carbocycles. The van der Waals surface area contributed by atoms with E-state index < -0.39 is 11.2 Å². The van der Waals surface area contributed by atoms with Crippen molar-refractivity contribution in [2.45, 2.75) is 38.7 Å². The lowest BCUT2D eigenvalue weighted by atomic mass is 10.2. The molecule has 0 aliphatic heterocycles. The molecule has 0 fully saturated rings. The van der Waals surface area contributed by atoms with Crippen LogP contribution in [-0.2, 0) is 10.5 Å². The molecule has 5 N–H and O–H groups in total. The Labute approximate surface area is 168 Å². The van der Waals surface area contributed by atoms with Gasteiger partial charge in [0.2, 0.25) is 5.91 Å². The molecule has 0 aromatic carbocycles. The summed E-state index contributed by atoms with van der Waals surface area (Å²) >= 11 is 2.80. The number of rotatable bonds is 6. The maximum atomic E-state index is 12.5. The molecule has 0 saturated heterocycles. The molecule has 2 amide bonds. The lowest BCUT2D eigenvalue weighted by Crippen LogP contribution is -2.25. The highest BCUT2D eigenvalue weighted by molar-refractivity contribution is 7.99. The van der Waals surface area contributed by atoms with Gasteiger partial charge in [0.25, 0.3) is 11.5 Å². The number of hydrogen-bond donors (Lipinski definition) is 4. The monoisotopic (exact) mass is 420 g/mol. The van der Waals surface area contributed by atoms with Gasteiger partial charge in [0.05, 0.1) is 27.8 Å². The van der Waals surface area contributed by atoms with Crippen molar-refractivity contribution >= 4 is 50.8 Å². The molecule has 1 atom stereocenters. The minimum atomic E-state index is -0.725. The molecule has 28 heavy (non-hydrogen) atoms. The molecule has 0 spiro atoms. The van der Waals surface area contributed by atoms with E-state index >= 15 is 0 Å². The summed E-state index contributed by atoms with van der Waals surface area (Å²) in [5.74, 6) is -0.150. The van der Waals surface area contributed by atoms with E-state index in [1.165, 1.54) is 23.1 Å². The second kappa shape index (κ2) is 7.76. The molecule has 0 radical (unpaired) electrons. The molecule has 3 rings (SSSR count). The molecule has 3 aromatic rings. The number of nitrogens with two attached hydrogens (primary N) is 1. The van der Waals surface area contributed by atoms with E-state index in [0.717, 1.165) is 10.4 Å². The summed E-state index contributed by atoms with van der Waals surface area (Å²) in [6.07, 6.45) is 0. The maximum absolute atomic E-state index is 12.5. The average molecular weight is 421 g/mol. The van der Waals surface area contributed by atoms with Crippen molar-refractivity contribution in [1.29, 1.82) is 0 Å². The lowest BCUT2D eigenvalue weighted by Gasteiger charge is -2.12. The number of hydrogen-bond acceptors (Lipinski definition) is 7. The van der Waals surface area contributed by atoms with E-state index in [4.69, 9.17) is 5.73 Å². The van der Waals surface area contributed by atoms with Gasteiger partial charge in [-0.1, -0.05) is 0 Å². The Morgan fingerprint density at radius 2 is 2.04 bits per heavy atom. The first-order valence-electron chi connectivity index (χ1n) is 8.45. The van der Waals surface area contributed by atoms with Crippen molar-refractivity contribution in [2.24, 2.45) is 5.73 Å². The van der Waals surface area contributed by atoms with E-state index in [1.807, 2.05) is 13.8 Å². The summed E-state index contributed by atoms with van der Waals surface area (Å²) in [6.45, 7) is 7.28. The van der Waals surface area contributed by atoms with Crippen LogP contribution in [0.4, 0.5) is 5.69 Å². The second-order valence-corrected chi connectivity index (χ2v) is 8.89. The van der Waals surface area contributed by atoms with Gasteiger partial charge in [-0.25, -0.2) is 4.98 Å². The molecular weight excluding hydrogens is 400 g/mol. The number of nitrogens with zero attached hydrogens (tertiary/aromatic N) is 2. The first kappa shape index (κ1) is 20.1. The molecule has 3 aromatic heterocycles. The predicted molar refractivity (Wildman–Crippen MR) is 111 cm³/mol. The van der Waals surface area contributed by atoms with Gasteiger partial charge in [0.1, 0.15) is 10.7 Å². The maximum Gasteiger partial charge on any atom is 0.271 e. The van der Waals surface area contributed by atoms with Crippen LogP contribution in [-0.4, -0.2) is 37.2 Å². The van der Waals surface area contributed by atoms with Crippen molar-refractivity contribution < 1.29 is 9.59 Å². The molecule has 1 unspecified atom stereocenters. The van der Waals surface area contributed by atoms with E-state index in [1.54, 1.807) is 13.8 Å². The Morgan fingerprint density at radius 1 is 1.32 bits per heavy atom. The number of H-pyrrole nitrogens is 2. The molecule has 148 valence electrons. The number of carbonyl (C=O) groups is 2. The normalized spacial score (nSPS) is 12.3. The van der Waals surface area contributed by atoms with Gasteiger partial charge in [-0.3, -0.25) is 19.5 Å². The van der Waals surface area contributed by atoms with Gasteiger partial charge in [-0.2, -0.15) is 5.10 Å². The van der Waals surface area contributed by atoms with Gasteiger partial charge in [0.15, 0.2) is 5.69 Å². The molecule has 11 heteroatoms. The van der Waals surface area contributed by atoms with Crippen molar-refractivity contribution in [3.05, 3.63) is 38.0 Å². The van der Waals surface area contributed by atoms with Crippen LogP contribution in [0.3, 0.4) is 0 Å². The standard InChI is InChI=1S/C17H20N6O3S2/c1-6-8(3)28-17-11(6)16(26)19-10(20-17)5-27-9(4)15(25)21-12-7(2)22-23-13(12)14(18)24/h9H,5H2,1-4H3,(H2,18,24)(H,21,25)(H,22,23)(H,19,20,26). The van der Waals surface area contributed by atoms with E-state index in [2.05, 4.69) is 25.5 Å². The fourth-order valence-corrected chi connectivity index (χ4v) is 4.44. The minimum Gasteiger partial charge on any atom is -0.364 e. The summed E-state index contributed by atoms with van der Waals surface area (Å²) in [5, 5.41) is 9.28. The number of thiophene rings is 1. The summed E-state index contributed by atoms with van der Waals surface area (Å²) in [6, 6.07) is 0. The highest BCUT2D eigenvalue weighted by atomic mass is 32.2. The van der Waals surface area contributed by atoms with Gasteiger partial charge in [0, 0.05) is 4.88 Å². The predicted octanol–water partition coefficient (Wildman–Crippen LogP) is 1.99. The van der Waals surface area contributed by atoms with E-state index in [9.17, 15) is 14.4 Å². The third-order valence-corrected chi connectivity index (χ3v) is 6.61. The van der Waals surface area contributed by atoms with Gasteiger partial charge in [-0.15, -0.1) is 23.1 Å². The topological polar surface area (TPSA) is 147 Å². The fourth-order valence-electron chi connectivity index (χ4n) is 2.63. The smallest absolute Gasteiger partial charge is 0.271 e. The van der Waals surface area contributed by atoms with Crippen molar-refractivity contribution in [2.75, 3.05) is 5.32 Å². The number of fused-ring (bicyclic) bond motifs is 1. The number of nitrogens with one attached hydrogen (secondary N) is 3. The van der Waals surface area contributed by atoms with Gasteiger partial charge in [-0.05, 0) is 33.3 Å². The number of primary amides is 1. The number of anilines is 1. The molecule has 9 nitrogen and oxygen atoms in total. The first-order valence-corrected chi connectivity index (χ1v) is 10.3. The van der Waals surface area contributed by atoms with Crippen LogP contribution < -0.4 is 16.6 Å². The van der Waals surface area contributed by atoms with Crippen molar-refractivity contribution in [1.82, 2.24) is 20.2 Å². The van der Waals surface area contributed by atoms with Gasteiger partial charge < -0.3 is 16.0 Å². The zero-order valence-electron chi connectivity index (χ0n) is 15.8. The highest BCUT2D eigenvalue weighted by Crippen LogP contribution is 2.27. The molecule has 3 heterocycles. The van der Waals surface area contributed by atoms with E-state index in [-0.39, 0.29) is 22.8 Å². The van der Waals surface area contributed by atoms with Crippen molar-refractivity contribution in [3.8, 4) is 0 Å².